The fourth-order valence-electron chi connectivity index (χ4n) is 2.60. The Morgan fingerprint density at radius 1 is 0.773 bits per heavy atom. The van der Waals surface area contributed by atoms with E-state index >= 15 is 0 Å². The summed E-state index contributed by atoms with van der Waals surface area (Å²) in [6.07, 6.45) is 0. The van der Waals surface area contributed by atoms with E-state index in [0.29, 0.717) is 5.56 Å². The summed E-state index contributed by atoms with van der Waals surface area (Å²) < 4.78 is 26.4. The topological polar surface area (TPSA) is 18.5 Å². The van der Waals surface area contributed by atoms with E-state index in [2.05, 4.69) is 0 Å². The maximum Gasteiger partial charge on any atom is 0.495 e. The fraction of sp³-hybridized carbons (Fsp3) is 0.333. The molecule has 0 unspecified atom stereocenters. The molecule has 22 heavy (non-hydrogen) atoms. The van der Waals surface area contributed by atoms with Crippen molar-refractivity contribution in [3.05, 3.63) is 54.3 Å². The second kappa shape index (κ2) is 5.22. The molecule has 0 atom stereocenters. The van der Waals surface area contributed by atoms with Gasteiger partial charge in [0.2, 0.25) is 0 Å². The lowest BCUT2D eigenvalue weighted by Gasteiger charge is -2.32. The molecule has 2 aromatic rings. The zero-order chi connectivity index (χ0) is 16.0. The van der Waals surface area contributed by atoms with E-state index in [4.69, 9.17) is 9.31 Å². The summed E-state index contributed by atoms with van der Waals surface area (Å²) in [5, 5.41) is 0. The van der Waals surface area contributed by atoms with Gasteiger partial charge in [-0.05, 0) is 44.8 Å². The molecule has 1 heterocycles. The van der Waals surface area contributed by atoms with Gasteiger partial charge in [0, 0.05) is 5.56 Å². The molecule has 0 radical (unpaired) electrons. The molecule has 3 rings (SSSR count). The maximum absolute atomic E-state index is 14.2. The lowest BCUT2D eigenvalue weighted by atomic mass is 9.74. The molecule has 1 saturated heterocycles. The minimum Gasteiger partial charge on any atom is -0.399 e. The lowest BCUT2D eigenvalue weighted by Crippen LogP contribution is -2.41. The van der Waals surface area contributed by atoms with Crippen LogP contribution in [0.1, 0.15) is 27.7 Å². The molecule has 0 aromatic heterocycles. The molecule has 0 amide bonds. The minimum atomic E-state index is -0.499. The quantitative estimate of drug-likeness (QED) is 0.785. The van der Waals surface area contributed by atoms with Crippen LogP contribution in [0.4, 0.5) is 4.39 Å². The molecule has 0 bridgehead atoms. The van der Waals surface area contributed by atoms with E-state index in [0.717, 1.165) is 11.0 Å². The Labute approximate surface area is 131 Å². The minimum absolute atomic E-state index is 0.244. The van der Waals surface area contributed by atoms with Crippen molar-refractivity contribution in [2.75, 3.05) is 0 Å². The predicted octanol–water partition coefficient (Wildman–Crippen LogP) is 3.79. The molecule has 0 saturated carbocycles. The smallest absolute Gasteiger partial charge is 0.399 e. The van der Waals surface area contributed by atoms with Crippen molar-refractivity contribution in [1.29, 1.82) is 0 Å². The van der Waals surface area contributed by atoms with Crippen molar-refractivity contribution < 1.29 is 13.7 Å². The van der Waals surface area contributed by atoms with Crippen LogP contribution >= 0.6 is 0 Å². The summed E-state index contributed by atoms with van der Waals surface area (Å²) in [6.45, 7) is 8.05. The molecular formula is C18H20BFO2. The van der Waals surface area contributed by atoms with E-state index < -0.39 is 18.3 Å². The molecule has 1 aliphatic rings. The first kappa shape index (κ1) is 15.3. The average molecular weight is 298 g/mol. The van der Waals surface area contributed by atoms with Crippen molar-refractivity contribution in [1.82, 2.24) is 0 Å². The third kappa shape index (κ3) is 2.47. The number of benzene rings is 2. The molecule has 1 fully saturated rings. The van der Waals surface area contributed by atoms with Crippen molar-refractivity contribution in [2.24, 2.45) is 0 Å². The van der Waals surface area contributed by atoms with Crippen LogP contribution in [0.2, 0.25) is 0 Å². The molecular weight excluding hydrogens is 278 g/mol. The van der Waals surface area contributed by atoms with Crippen LogP contribution in [0.5, 0.6) is 0 Å². The molecule has 0 N–H and O–H groups in total. The van der Waals surface area contributed by atoms with Crippen molar-refractivity contribution in [3.8, 4) is 11.1 Å². The second-order valence-electron chi connectivity index (χ2n) is 6.66. The summed E-state index contributed by atoms with van der Waals surface area (Å²) in [7, 11) is -0.499. The highest BCUT2D eigenvalue weighted by molar-refractivity contribution is 6.63. The van der Waals surface area contributed by atoms with Crippen LogP contribution in [0.25, 0.3) is 11.1 Å². The van der Waals surface area contributed by atoms with Gasteiger partial charge in [0.25, 0.3) is 0 Å². The summed E-state index contributed by atoms with van der Waals surface area (Å²) >= 11 is 0. The van der Waals surface area contributed by atoms with Crippen LogP contribution in [0.15, 0.2) is 48.5 Å². The van der Waals surface area contributed by atoms with Gasteiger partial charge >= 0.3 is 7.12 Å². The number of hydrogen-bond acceptors (Lipinski definition) is 2. The Morgan fingerprint density at radius 2 is 1.27 bits per heavy atom. The van der Waals surface area contributed by atoms with Crippen molar-refractivity contribution in [2.45, 2.75) is 38.9 Å². The molecule has 2 nitrogen and oxygen atoms in total. The Hall–Kier alpha value is -1.65. The molecule has 1 aliphatic heterocycles. The van der Waals surface area contributed by atoms with Crippen LogP contribution < -0.4 is 5.46 Å². The van der Waals surface area contributed by atoms with Gasteiger partial charge in [0.1, 0.15) is 5.82 Å². The van der Waals surface area contributed by atoms with E-state index in [1.165, 1.54) is 6.07 Å². The lowest BCUT2D eigenvalue weighted by molar-refractivity contribution is 0.00578. The molecule has 0 aliphatic carbocycles. The van der Waals surface area contributed by atoms with Gasteiger partial charge in [-0.3, -0.25) is 0 Å². The Kier molecular flexibility index (Phi) is 3.62. The van der Waals surface area contributed by atoms with Crippen LogP contribution in [0.3, 0.4) is 0 Å². The van der Waals surface area contributed by atoms with Crippen LogP contribution in [-0.2, 0) is 9.31 Å². The number of hydrogen-bond donors (Lipinski definition) is 0. The first-order chi connectivity index (χ1) is 10.3. The maximum atomic E-state index is 14.2. The normalized spacial score (nSPS) is 19.4. The zero-order valence-electron chi connectivity index (χ0n) is 13.4. The molecule has 114 valence electrons. The highest BCUT2D eigenvalue weighted by atomic mass is 19.1. The van der Waals surface area contributed by atoms with E-state index in [9.17, 15) is 4.39 Å². The average Bonchev–Trinajstić information content (AvgIpc) is 2.68. The standard InChI is InChI=1S/C18H20BFO2/c1-17(2)18(3,4)22-19(21-17)15-11-7-5-9-13(15)14-10-6-8-12-16(14)20/h5-12H,1-4H3. The van der Waals surface area contributed by atoms with Crippen LogP contribution in [0, 0.1) is 5.82 Å². The SMILES string of the molecule is CC1(C)OB(c2ccccc2-c2ccccc2F)OC1(C)C. The molecule has 2 aromatic carbocycles. The van der Waals surface area contributed by atoms with Gasteiger partial charge < -0.3 is 9.31 Å². The van der Waals surface area contributed by atoms with Gasteiger partial charge in [-0.25, -0.2) is 4.39 Å². The first-order valence-corrected chi connectivity index (χ1v) is 7.51. The Morgan fingerprint density at radius 3 is 1.86 bits per heavy atom. The van der Waals surface area contributed by atoms with Gasteiger partial charge in [0.15, 0.2) is 0 Å². The van der Waals surface area contributed by atoms with Gasteiger partial charge in [0.05, 0.1) is 11.2 Å². The summed E-state index contributed by atoms with van der Waals surface area (Å²) in [5.74, 6) is -0.244. The predicted molar refractivity (Wildman–Crippen MR) is 87.6 cm³/mol. The summed E-state index contributed by atoms with van der Waals surface area (Å²) in [4.78, 5) is 0. The second-order valence-corrected chi connectivity index (χ2v) is 6.66. The summed E-state index contributed by atoms with van der Waals surface area (Å²) in [6, 6.07) is 14.4. The Balaban J connectivity index is 2.06. The van der Waals surface area contributed by atoms with E-state index in [1.54, 1.807) is 12.1 Å². The molecule has 4 heteroatoms. The van der Waals surface area contributed by atoms with Crippen molar-refractivity contribution in [3.63, 3.8) is 0 Å². The number of halogens is 1. The largest absolute Gasteiger partial charge is 0.495 e. The highest BCUT2D eigenvalue weighted by Gasteiger charge is 2.52. The van der Waals surface area contributed by atoms with Gasteiger partial charge in [-0.1, -0.05) is 42.5 Å². The molecule has 0 spiro atoms. The van der Waals surface area contributed by atoms with Gasteiger partial charge in [-0.15, -0.1) is 0 Å². The highest BCUT2D eigenvalue weighted by Crippen LogP contribution is 2.37. The van der Waals surface area contributed by atoms with Crippen LogP contribution in [-0.4, -0.2) is 18.3 Å². The first-order valence-electron chi connectivity index (χ1n) is 7.51. The fourth-order valence-corrected chi connectivity index (χ4v) is 2.60. The third-order valence-corrected chi connectivity index (χ3v) is 4.63. The number of rotatable bonds is 2. The van der Waals surface area contributed by atoms with E-state index in [1.807, 2.05) is 58.0 Å². The zero-order valence-corrected chi connectivity index (χ0v) is 13.4. The third-order valence-electron chi connectivity index (χ3n) is 4.63. The Bertz CT molecular complexity index is 681. The van der Waals surface area contributed by atoms with E-state index in [-0.39, 0.29) is 5.82 Å². The van der Waals surface area contributed by atoms with Gasteiger partial charge in [-0.2, -0.15) is 0 Å². The summed E-state index contributed by atoms with van der Waals surface area (Å²) in [5.41, 5.74) is 1.39. The van der Waals surface area contributed by atoms with Crippen molar-refractivity contribution >= 4 is 12.6 Å². The monoisotopic (exact) mass is 298 g/mol.